The maximum Gasteiger partial charge on any atom is 0.247 e. The highest BCUT2D eigenvalue weighted by molar-refractivity contribution is 5.98. The van der Waals surface area contributed by atoms with Crippen LogP contribution in [0.25, 0.3) is 0 Å². The van der Waals surface area contributed by atoms with Crippen LogP contribution in [0.4, 0.5) is 5.69 Å². The lowest BCUT2D eigenvalue weighted by atomic mass is 10.0. The summed E-state index contributed by atoms with van der Waals surface area (Å²) in [7, 11) is 1.75. The number of carbonyl (C=O) groups is 1. The van der Waals surface area contributed by atoms with Gasteiger partial charge < -0.3 is 15.4 Å². The SMILES string of the molecule is CC(C)CCc1ccc2c(c1)N(C)C(=O)[C@@H](N)CO2. The van der Waals surface area contributed by atoms with Gasteiger partial charge in [-0.2, -0.15) is 0 Å². The molecule has 4 nitrogen and oxygen atoms in total. The fraction of sp³-hybridized carbons (Fsp3) is 0.533. The number of rotatable bonds is 3. The molecule has 0 fully saturated rings. The first-order valence-corrected chi connectivity index (χ1v) is 6.78. The second-order valence-corrected chi connectivity index (χ2v) is 5.55. The van der Waals surface area contributed by atoms with Crippen LogP contribution in [-0.4, -0.2) is 25.6 Å². The van der Waals surface area contributed by atoms with Crippen LogP contribution in [0, 0.1) is 5.92 Å². The Morgan fingerprint density at radius 3 is 2.89 bits per heavy atom. The van der Waals surface area contributed by atoms with Crippen molar-refractivity contribution in [3.63, 3.8) is 0 Å². The minimum absolute atomic E-state index is 0.0974. The minimum Gasteiger partial charge on any atom is -0.489 e. The van der Waals surface area contributed by atoms with Gasteiger partial charge in [-0.15, -0.1) is 0 Å². The lowest BCUT2D eigenvalue weighted by molar-refractivity contribution is -0.119. The van der Waals surface area contributed by atoms with E-state index in [0.717, 1.165) is 24.3 Å². The number of nitrogens with zero attached hydrogens (tertiary/aromatic N) is 1. The molecule has 0 radical (unpaired) electrons. The van der Waals surface area contributed by atoms with Gasteiger partial charge in [0.05, 0.1) is 5.69 Å². The van der Waals surface area contributed by atoms with Gasteiger partial charge in [-0.05, 0) is 36.5 Å². The predicted molar refractivity (Wildman–Crippen MR) is 76.5 cm³/mol. The number of anilines is 1. The third-order valence-corrected chi connectivity index (χ3v) is 3.46. The van der Waals surface area contributed by atoms with E-state index in [1.54, 1.807) is 11.9 Å². The summed E-state index contributed by atoms with van der Waals surface area (Å²) in [4.78, 5) is 13.6. The van der Waals surface area contributed by atoms with Gasteiger partial charge in [0, 0.05) is 7.05 Å². The van der Waals surface area contributed by atoms with Gasteiger partial charge in [0.2, 0.25) is 5.91 Å². The fourth-order valence-electron chi connectivity index (χ4n) is 2.18. The third kappa shape index (κ3) is 3.07. The van der Waals surface area contributed by atoms with E-state index in [0.29, 0.717) is 5.92 Å². The minimum atomic E-state index is -0.587. The maximum atomic E-state index is 12.0. The zero-order valence-electron chi connectivity index (χ0n) is 11.8. The van der Waals surface area contributed by atoms with Crippen molar-refractivity contribution in [1.82, 2.24) is 0 Å². The summed E-state index contributed by atoms with van der Waals surface area (Å²) in [6.07, 6.45) is 2.15. The average molecular weight is 262 g/mol. The zero-order valence-corrected chi connectivity index (χ0v) is 11.8. The number of likely N-dealkylation sites (N-methyl/N-ethyl adjacent to an activating group) is 1. The van der Waals surface area contributed by atoms with Crippen LogP contribution < -0.4 is 15.4 Å². The van der Waals surface area contributed by atoms with Gasteiger partial charge >= 0.3 is 0 Å². The van der Waals surface area contributed by atoms with E-state index >= 15 is 0 Å². The van der Waals surface area contributed by atoms with E-state index in [1.165, 1.54) is 5.56 Å². The molecule has 0 bridgehead atoms. The quantitative estimate of drug-likeness (QED) is 0.906. The largest absolute Gasteiger partial charge is 0.489 e. The summed E-state index contributed by atoms with van der Waals surface area (Å²) in [6.45, 7) is 4.66. The van der Waals surface area contributed by atoms with Crippen LogP contribution >= 0.6 is 0 Å². The number of ether oxygens (including phenoxy) is 1. The summed E-state index contributed by atoms with van der Waals surface area (Å²) in [6, 6.07) is 5.45. The second kappa shape index (κ2) is 5.61. The Hall–Kier alpha value is -1.55. The molecule has 104 valence electrons. The number of hydrogen-bond donors (Lipinski definition) is 1. The molecular formula is C15H22N2O2. The van der Waals surface area contributed by atoms with Crippen molar-refractivity contribution in [2.24, 2.45) is 11.7 Å². The van der Waals surface area contributed by atoms with E-state index in [1.807, 2.05) is 12.1 Å². The summed E-state index contributed by atoms with van der Waals surface area (Å²) in [5.41, 5.74) is 7.81. The van der Waals surface area contributed by atoms with E-state index in [2.05, 4.69) is 19.9 Å². The Morgan fingerprint density at radius 2 is 2.21 bits per heavy atom. The summed E-state index contributed by atoms with van der Waals surface area (Å²) < 4.78 is 5.59. The van der Waals surface area contributed by atoms with Crippen LogP contribution in [0.3, 0.4) is 0 Å². The van der Waals surface area contributed by atoms with Crippen molar-refractivity contribution in [2.75, 3.05) is 18.6 Å². The molecule has 0 unspecified atom stereocenters. The monoisotopic (exact) mass is 262 g/mol. The second-order valence-electron chi connectivity index (χ2n) is 5.55. The first-order valence-electron chi connectivity index (χ1n) is 6.78. The van der Waals surface area contributed by atoms with Gasteiger partial charge in [0.15, 0.2) is 0 Å². The molecule has 1 atom stereocenters. The molecule has 1 aliphatic heterocycles. The van der Waals surface area contributed by atoms with Crippen molar-refractivity contribution in [3.8, 4) is 5.75 Å². The molecule has 0 saturated heterocycles. The normalized spacial score (nSPS) is 19.1. The lowest BCUT2D eigenvalue weighted by Gasteiger charge is -2.18. The van der Waals surface area contributed by atoms with Gasteiger partial charge in [-0.1, -0.05) is 19.9 Å². The highest BCUT2D eigenvalue weighted by atomic mass is 16.5. The number of amides is 1. The topological polar surface area (TPSA) is 55.6 Å². The number of aryl methyl sites for hydroxylation is 1. The maximum absolute atomic E-state index is 12.0. The molecule has 1 aromatic carbocycles. The Morgan fingerprint density at radius 1 is 1.47 bits per heavy atom. The molecule has 2 rings (SSSR count). The molecule has 19 heavy (non-hydrogen) atoms. The molecule has 0 spiro atoms. The van der Waals surface area contributed by atoms with Crippen molar-refractivity contribution < 1.29 is 9.53 Å². The first-order chi connectivity index (χ1) is 8.99. The standard InChI is InChI=1S/C15H22N2O2/c1-10(2)4-5-11-6-7-14-13(8-11)17(3)15(18)12(16)9-19-14/h6-8,10,12H,4-5,9,16H2,1-3H3/t12-/m0/s1. The average Bonchev–Trinajstić information content (AvgIpc) is 2.49. The highest BCUT2D eigenvalue weighted by Gasteiger charge is 2.26. The Kier molecular flexibility index (Phi) is 4.10. The molecule has 0 aliphatic carbocycles. The number of hydrogen-bond acceptors (Lipinski definition) is 3. The highest BCUT2D eigenvalue weighted by Crippen LogP contribution is 2.31. The third-order valence-electron chi connectivity index (χ3n) is 3.46. The van der Waals surface area contributed by atoms with Gasteiger partial charge in [-0.3, -0.25) is 4.79 Å². The molecular weight excluding hydrogens is 240 g/mol. The van der Waals surface area contributed by atoms with Crippen LogP contribution in [0.2, 0.25) is 0 Å². The molecule has 1 aromatic rings. The van der Waals surface area contributed by atoms with Crippen LogP contribution in [-0.2, 0) is 11.2 Å². The fourth-order valence-corrected chi connectivity index (χ4v) is 2.18. The summed E-state index contributed by atoms with van der Waals surface area (Å²) in [5.74, 6) is 1.31. The molecule has 1 heterocycles. The smallest absolute Gasteiger partial charge is 0.247 e. The van der Waals surface area contributed by atoms with Gasteiger partial charge in [0.1, 0.15) is 18.4 Å². The molecule has 1 aliphatic rings. The van der Waals surface area contributed by atoms with Crippen LogP contribution in [0.15, 0.2) is 18.2 Å². The van der Waals surface area contributed by atoms with Crippen molar-refractivity contribution in [1.29, 1.82) is 0 Å². The number of nitrogens with two attached hydrogens (primary N) is 1. The molecule has 2 N–H and O–H groups in total. The van der Waals surface area contributed by atoms with Crippen molar-refractivity contribution in [2.45, 2.75) is 32.7 Å². The van der Waals surface area contributed by atoms with Gasteiger partial charge in [0.25, 0.3) is 0 Å². The van der Waals surface area contributed by atoms with Crippen molar-refractivity contribution >= 4 is 11.6 Å². The Bertz CT molecular complexity index is 471. The molecule has 1 amide bonds. The Labute approximate surface area is 114 Å². The van der Waals surface area contributed by atoms with Crippen molar-refractivity contribution in [3.05, 3.63) is 23.8 Å². The van der Waals surface area contributed by atoms with Gasteiger partial charge in [-0.25, -0.2) is 0 Å². The summed E-state index contributed by atoms with van der Waals surface area (Å²) >= 11 is 0. The number of fused-ring (bicyclic) bond motifs is 1. The lowest BCUT2D eigenvalue weighted by Crippen LogP contribution is -2.43. The number of carbonyl (C=O) groups excluding carboxylic acids is 1. The van der Waals surface area contributed by atoms with E-state index in [4.69, 9.17) is 10.5 Å². The van der Waals surface area contributed by atoms with Crippen LogP contribution in [0.1, 0.15) is 25.8 Å². The first kappa shape index (κ1) is 13.9. The van der Waals surface area contributed by atoms with E-state index in [-0.39, 0.29) is 12.5 Å². The molecule has 0 saturated carbocycles. The summed E-state index contributed by atoms with van der Waals surface area (Å²) in [5, 5.41) is 0. The van der Waals surface area contributed by atoms with E-state index in [9.17, 15) is 4.79 Å². The molecule has 4 heteroatoms. The Balaban J connectivity index is 2.25. The predicted octanol–water partition coefficient (Wildman–Crippen LogP) is 1.96. The molecule has 0 aromatic heterocycles. The van der Waals surface area contributed by atoms with Crippen LogP contribution in [0.5, 0.6) is 5.75 Å². The number of benzene rings is 1. The van der Waals surface area contributed by atoms with E-state index < -0.39 is 6.04 Å². The zero-order chi connectivity index (χ0) is 14.0.